The molecule has 0 aromatic heterocycles. The molecule has 0 aliphatic heterocycles. The summed E-state index contributed by atoms with van der Waals surface area (Å²) in [6, 6.07) is 16.2. The average molecular weight is 311 g/mol. The van der Waals surface area contributed by atoms with Crippen molar-refractivity contribution in [2.24, 2.45) is 0 Å². The number of rotatable bonds is 7. The lowest BCUT2D eigenvalue weighted by atomic mass is 10.1. The van der Waals surface area contributed by atoms with Crippen LogP contribution in [0.5, 0.6) is 5.75 Å². The van der Waals surface area contributed by atoms with Gasteiger partial charge in [-0.2, -0.15) is 0 Å². The predicted octanol–water partition coefficient (Wildman–Crippen LogP) is 4.34. The molecule has 23 heavy (non-hydrogen) atoms. The summed E-state index contributed by atoms with van der Waals surface area (Å²) in [6.07, 6.45) is 1.18. The van der Waals surface area contributed by atoms with Gasteiger partial charge >= 0.3 is 0 Å². The maximum absolute atomic E-state index is 12.0. The van der Waals surface area contributed by atoms with Gasteiger partial charge in [0, 0.05) is 6.42 Å². The Kier molecular flexibility index (Phi) is 6.21. The van der Waals surface area contributed by atoms with Crippen LogP contribution in [0.25, 0.3) is 0 Å². The Morgan fingerprint density at radius 1 is 1.00 bits per heavy atom. The molecule has 3 nitrogen and oxygen atoms in total. The first-order valence-corrected chi connectivity index (χ1v) is 8.10. The summed E-state index contributed by atoms with van der Waals surface area (Å²) in [5.41, 5.74) is 3.56. The molecule has 1 amide bonds. The third kappa shape index (κ3) is 5.78. The van der Waals surface area contributed by atoms with Gasteiger partial charge in [-0.3, -0.25) is 4.79 Å². The van der Waals surface area contributed by atoms with Gasteiger partial charge in [-0.15, -0.1) is 0 Å². The number of carbonyl (C=O) groups excluding carboxylic acids is 1. The summed E-state index contributed by atoms with van der Waals surface area (Å²) in [4.78, 5) is 12.0. The predicted molar refractivity (Wildman–Crippen MR) is 93.6 cm³/mol. The quantitative estimate of drug-likeness (QED) is 0.772. The molecule has 2 aromatic rings. The molecule has 0 saturated carbocycles. The second-order valence-corrected chi connectivity index (χ2v) is 5.96. The number of nitrogens with one attached hydrogen (secondary N) is 1. The molecule has 0 saturated heterocycles. The van der Waals surface area contributed by atoms with Crippen LogP contribution in [0.15, 0.2) is 48.5 Å². The molecule has 0 radical (unpaired) electrons. The normalized spacial score (nSPS) is 11.8. The molecule has 0 aliphatic carbocycles. The number of hydrogen-bond acceptors (Lipinski definition) is 2. The number of hydrogen-bond donors (Lipinski definition) is 1. The first kappa shape index (κ1) is 17.1. The molecule has 0 fully saturated rings. The smallest absolute Gasteiger partial charge is 0.220 e. The fraction of sp³-hybridized carbons (Fsp3) is 0.350. The van der Waals surface area contributed by atoms with E-state index in [0.717, 1.165) is 11.3 Å². The van der Waals surface area contributed by atoms with Gasteiger partial charge in [-0.1, -0.05) is 47.5 Å². The molecule has 0 spiro atoms. The monoisotopic (exact) mass is 311 g/mol. The highest BCUT2D eigenvalue weighted by molar-refractivity contribution is 5.76. The van der Waals surface area contributed by atoms with Crippen molar-refractivity contribution in [1.82, 2.24) is 5.32 Å². The van der Waals surface area contributed by atoms with E-state index in [4.69, 9.17) is 4.74 Å². The van der Waals surface area contributed by atoms with E-state index < -0.39 is 0 Å². The van der Waals surface area contributed by atoms with Crippen LogP contribution in [0.3, 0.4) is 0 Å². The van der Waals surface area contributed by atoms with Crippen LogP contribution in [0.1, 0.15) is 42.5 Å². The molecule has 3 heteroatoms. The largest absolute Gasteiger partial charge is 0.494 e. The van der Waals surface area contributed by atoms with Crippen LogP contribution in [-0.4, -0.2) is 12.5 Å². The standard InChI is InChI=1S/C20H25NO2/c1-15-6-10-18(11-7-15)17(3)21-20(22)5-4-14-23-19-12-8-16(2)9-13-19/h6-13,17H,4-5,14H2,1-3H3,(H,21,22)/t17-/m1/s1. The number of carbonyl (C=O) groups is 1. The molecular formula is C20H25NO2. The van der Waals surface area contributed by atoms with Crippen molar-refractivity contribution >= 4 is 5.91 Å². The Balaban J connectivity index is 1.68. The zero-order valence-electron chi connectivity index (χ0n) is 14.1. The van der Waals surface area contributed by atoms with Crippen LogP contribution >= 0.6 is 0 Å². The zero-order valence-corrected chi connectivity index (χ0v) is 14.1. The van der Waals surface area contributed by atoms with Crippen molar-refractivity contribution in [3.8, 4) is 5.75 Å². The van der Waals surface area contributed by atoms with Crippen LogP contribution in [0, 0.1) is 13.8 Å². The van der Waals surface area contributed by atoms with E-state index in [2.05, 4.69) is 36.5 Å². The van der Waals surface area contributed by atoms with Gasteiger partial charge in [0.25, 0.3) is 0 Å². The van der Waals surface area contributed by atoms with Gasteiger partial charge in [0.15, 0.2) is 0 Å². The highest BCUT2D eigenvalue weighted by Crippen LogP contribution is 2.14. The van der Waals surface area contributed by atoms with E-state index in [0.29, 0.717) is 19.4 Å². The number of amides is 1. The van der Waals surface area contributed by atoms with E-state index in [1.807, 2.05) is 38.1 Å². The lowest BCUT2D eigenvalue weighted by Gasteiger charge is -2.14. The van der Waals surface area contributed by atoms with Crippen molar-refractivity contribution in [1.29, 1.82) is 0 Å². The third-order valence-electron chi connectivity index (χ3n) is 3.79. The molecule has 0 heterocycles. The number of benzene rings is 2. The van der Waals surface area contributed by atoms with Crippen molar-refractivity contribution < 1.29 is 9.53 Å². The van der Waals surface area contributed by atoms with Gasteiger partial charge in [0.05, 0.1) is 12.6 Å². The highest BCUT2D eigenvalue weighted by Gasteiger charge is 2.09. The van der Waals surface area contributed by atoms with Crippen LogP contribution in [-0.2, 0) is 4.79 Å². The fourth-order valence-corrected chi connectivity index (χ4v) is 2.31. The van der Waals surface area contributed by atoms with Gasteiger partial charge in [-0.05, 0) is 44.9 Å². The van der Waals surface area contributed by atoms with E-state index in [1.54, 1.807) is 0 Å². The molecule has 1 atom stereocenters. The minimum atomic E-state index is 0.0288. The summed E-state index contributed by atoms with van der Waals surface area (Å²) < 4.78 is 5.63. The molecule has 2 rings (SSSR count). The van der Waals surface area contributed by atoms with Gasteiger partial charge in [-0.25, -0.2) is 0 Å². The summed E-state index contributed by atoms with van der Waals surface area (Å²) in [5, 5.41) is 3.03. The van der Waals surface area contributed by atoms with E-state index in [-0.39, 0.29) is 11.9 Å². The van der Waals surface area contributed by atoms with Gasteiger partial charge in [0.2, 0.25) is 5.91 Å². The van der Waals surface area contributed by atoms with Crippen molar-refractivity contribution in [2.75, 3.05) is 6.61 Å². The molecule has 0 unspecified atom stereocenters. The van der Waals surface area contributed by atoms with E-state index in [9.17, 15) is 4.79 Å². The van der Waals surface area contributed by atoms with Crippen molar-refractivity contribution in [3.63, 3.8) is 0 Å². The van der Waals surface area contributed by atoms with Crippen LogP contribution in [0.2, 0.25) is 0 Å². The van der Waals surface area contributed by atoms with Gasteiger partial charge < -0.3 is 10.1 Å². The Hall–Kier alpha value is -2.29. The first-order chi connectivity index (χ1) is 11.0. The maximum atomic E-state index is 12.0. The van der Waals surface area contributed by atoms with Crippen LogP contribution < -0.4 is 10.1 Å². The van der Waals surface area contributed by atoms with E-state index >= 15 is 0 Å². The molecule has 122 valence electrons. The van der Waals surface area contributed by atoms with E-state index in [1.165, 1.54) is 11.1 Å². The maximum Gasteiger partial charge on any atom is 0.220 e. The molecule has 0 bridgehead atoms. The van der Waals surface area contributed by atoms with Gasteiger partial charge in [0.1, 0.15) is 5.75 Å². The van der Waals surface area contributed by atoms with Crippen molar-refractivity contribution in [2.45, 2.75) is 39.7 Å². The zero-order chi connectivity index (χ0) is 16.7. The average Bonchev–Trinajstić information content (AvgIpc) is 2.54. The fourth-order valence-electron chi connectivity index (χ4n) is 2.31. The third-order valence-corrected chi connectivity index (χ3v) is 3.79. The Labute approximate surface area is 138 Å². The summed E-state index contributed by atoms with van der Waals surface area (Å²) in [7, 11) is 0. The number of aryl methyl sites for hydroxylation is 2. The Bertz CT molecular complexity index is 617. The molecule has 0 aliphatic rings. The Morgan fingerprint density at radius 3 is 2.17 bits per heavy atom. The Morgan fingerprint density at radius 2 is 1.57 bits per heavy atom. The van der Waals surface area contributed by atoms with Crippen LogP contribution in [0.4, 0.5) is 0 Å². The second kappa shape index (κ2) is 8.37. The first-order valence-electron chi connectivity index (χ1n) is 8.10. The van der Waals surface area contributed by atoms with Crippen molar-refractivity contribution in [3.05, 3.63) is 65.2 Å². The molecular weight excluding hydrogens is 286 g/mol. The highest BCUT2D eigenvalue weighted by atomic mass is 16.5. The minimum absolute atomic E-state index is 0.0288. The lowest BCUT2D eigenvalue weighted by molar-refractivity contribution is -0.121. The summed E-state index contributed by atoms with van der Waals surface area (Å²) in [5.74, 6) is 0.912. The summed E-state index contributed by atoms with van der Waals surface area (Å²) >= 11 is 0. The molecule has 1 N–H and O–H groups in total. The summed E-state index contributed by atoms with van der Waals surface area (Å²) in [6.45, 7) is 6.66. The SMILES string of the molecule is Cc1ccc(OCCCC(=O)N[C@H](C)c2ccc(C)cc2)cc1. The lowest BCUT2D eigenvalue weighted by Crippen LogP contribution is -2.26. The second-order valence-electron chi connectivity index (χ2n) is 5.96. The number of ether oxygens (including phenoxy) is 1. The minimum Gasteiger partial charge on any atom is -0.494 e. The molecule has 2 aromatic carbocycles. The topological polar surface area (TPSA) is 38.3 Å².